The van der Waals surface area contributed by atoms with Crippen molar-refractivity contribution in [1.29, 1.82) is 0 Å². The van der Waals surface area contributed by atoms with E-state index in [1.54, 1.807) is 0 Å². The third-order valence-electron chi connectivity index (χ3n) is 7.46. The van der Waals surface area contributed by atoms with Gasteiger partial charge in [0.05, 0.1) is 26.2 Å². The fourth-order valence-electron chi connectivity index (χ4n) is 5.18. The van der Waals surface area contributed by atoms with Gasteiger partial charge in [-0.2, -0.15) is 0 Å². The Labute approximate surface area is 232 Å². The van der Waals surface area contributed by atoms with Gasteiger partial charge in [0.1, 0.15) is 0 Å². The molecule has 0 fully saturated rings. The van der Waals surface area contributed by atoms with Crippen molar-refractivity contribution >= 4 is 17.9 Å². The van der Waals surface area contributed by atoms with Crippen molar-refractivity contribution in [2.45, 2.75) is 142 Å². The van der Waals surface area contributed by atoms with E-state index < -0.39 is 17.9 Å². The molecular formula is C31H58NO6+. The van der Waals surface area contributed by atoms with Gasteiger partial charge in [0.2, 0.25) is 0 Å². The summed E-state index contributed by atoms with van der Waals surface area (Å²) in [5.41, 5.74) is 0. The lowest BCUT2D eigenvalue weighted by atomic mass is 10.1. The highest BCUT2D eigenvalue weighted by molar-refractivity contribution is 5.67. The molecule has 0 rings (SSSR count). The quantitative estimate of drug-likeness (QED) is 0.0506. The highest BCUT2D eigenvalue weighted by atomic mass is 16.4. The van der Waals surface area contributed by atoms with Crippen LogP contribution in [0.25, 0.3) is 0 Å². The van der Waals surface area contributed by atoms with Crippen molar-refractivity contribution < 1.29 is 34.2 Å². The summed E-state index contributed by atoms with van der Waals surface area (Å²) in [6, 6.07) is 0. The second-order valence-electron chi connectivity index (χ2n) is 11.0. The molecule has 222 valence electrons. The predicted molar refractivity (Wildman–Crippen MR) is 154 cm³/mol. The van der Waals surface area contributed by atoms with Crippen molar-refractivity contribution in [3.05, 3.63) is 12.2 Å². The summed E-state index contributed by atoms with van der Waals surface area (Å²) in [6.45, 7) is 5.91. The summed E-state index contributed by atoms with van der Waals surface area (Å²) in [5, 5.41) is 27.1. The SMILES string of the molecule is CCCCC/C=C/CCCCCCCCC[N+](CCCCC(=O)O)(CCCCC(=O)O)CCCCC(=O)O. The molecule has 0 aromatic carbocycles. The lowest BCUT2D eigenvalue weighted by Gasteiger charge is -2.39. The van der Waals surface area contributed by atoms with E-state index in [0.717, 1.165) is 56.3 Å². The van der Waals surface area contributed by atoms with Gasteiger partial charge in [0.25, 0.3) is 0 Å². The highest BCUT2D eigenvalue weighted by Gasteiger charge is 2.26. The van der Waals surface area contributed by atoms with Gasteiger partial charge in [0.15, 0.2) is 0 Å². The average Bonchev–Trinajstić information content (AvgIpc) is 2.87. The molecule has 0 saturated carbocycles. The molecule has 3 N–H and O–H groups in total. The summed E-state index contributed by atoms with van der Waals surface area (Å²) in [7, 11) is 0. The second-order valence-corrected chi connectivity index (χ2v) is 11.0. The Morgan fingerprint density at radius 3 is 1.16 bits per heavy atom. The minimum Gasteiger partial charge on any atom is -0.481 e. The zero-order valence-electron chi connectivity index (χ0n) is 24.3. The van der Waals surface area contributed by atoms with E-state index in [0.29, 0.717) is 19.3 Å². The first-order valence-electron chi connectivity index (χ1n) is 15.5. The Kier molecular flexibility index (Phi) is 24.1. The molecule has 0 amide bonds. The molecular weight excluding hydrogens is 482 g/mol. The fourth-order valence-corrected chi connectivity index (χ4v) is 5.18. The maximum Gasteiger partial charge on any atom is 0.303 e. The number of hydrogen-bond acceptors (Lipinski definition) is 3. The summed E-state index contributed by atoms with van der Waals surface area (Å²) >= 11 is 0. The van der Waals surface area contributed by atoms with Crippen LogP contribution in [0.15, 0.2) is 12.2 Å². The van der Waals surface area contributed by atoms with E-state index >= 15 is 0 Å². The molecule has 7 nitrogen and oxygen atoms in total. The highest BCUT2D eigenvalue weighted by Crippen LogP contribution is 2.19. The zero-order valence-corrected chi connectivity index (χ0v) is 24.3. The van der Waals surface area contributed by atoms with Crippen LogP contribution >= 0.6 is 0 Å². The molecule has 7 heteroatoms. The van der Waals surface area contributed by atoms with E-state index in [9.17, 15) is 14.4 Å². The summed E-state index contributed by atoms with van der Waals surface area (Å²) in [4.78, 5) is 32.9. The van der Waals surface area contributed by atoms with Crippen LogP contribution in [0.2, 0.25) is 0 Å². The van der Waals surface area contributed by atoms with E-state index in [1.165, 1.54) is 70.6 Å². The smallest absolute Gasteiger partial charge is 0.303 e. The van der Waals surface area contributed by atoms with Crippen LogP contribution in [0.1, 0.15) is 142 Å². The van der Waals surface area contributed by atoms with Gasteiger partial charge in [-0.25, -0.2) is 0 Å². The molecule has 0 aromatic rings. The first-order valence-corrected chi connectivity index (χ1v) is 15.5. The van der Waals surface area contributed by atoms with Crippen LogP contribution in [-0.4, -0.2) is 63.9 Å². The lowest BCUT2D eigenvalue weighted by Crippen LogP contribution is -2.51. The number of aliphatic carboxylic acids is 3. The molecule has 0 bridgehead atoms. The van der Waals surface area contributed by atoms with Crippen molar-refractivity contribution in [3.63, 3.8) is 0 Å². The largest absolute Gasteiger partial charge is 0.481 e. The van der Waals surface area contributed by atoms with Crippen LogP contribution in [0.3, 0.4) is 0 Å². The maximum absolute atomic E-state index is 11.0. The standard InChI is InChI=1S/C31H57NO6/c1-2-3-4-5-6-7-8-9-10-11-12-13-14-18-25-32(26-19-15-22-29(33)34,27-20-16-23-30(35)36)28-21-17-24-31(37)38/h6-7H,2-5,8-28H2,1H3,(H2-,33,34,35,36,37,38)/p+1/b7-6+. The predicted octanol–water partition coefficient (Wildman–Crippen LogP) is 7.83. The summed E-state index contributed by atoms with van der Waals surface area (Å²) in [5.74, 6) is -2.31. The minimum absolute atomic E-state index is 0.173. The van der Waals surface area contributed by atoms with Crippen LogP contribution in [0.5, 0.6) is 0 Å². The Hall–Kier alpha value is -1.89. The lowest BCUT2D eigenvalue weighted by molar-refractivity contribution is -0.929. The molecule has 0 aliphatic heterocycles. The fraction of sp³-hybridized carbons (Fsp3) is 0.839. The van der Waals surface area contributed by atoms with Gasteiger partial charge < -0.3 is 19.8 Å². The Morgan fingerprint density at radius 2 is 0.789 bits per heavy atom. The van der Waals surface area contributed by atoms with E-state index in [4.69, 9.17) is 15.3 Å². The first-order chi connectivity index (χ1) is 18.3. The maximum atomic E-state index is 11.0. The molecule has 0 aliphatic carbocycles. The molecule has 38 heavy (non-hydrogen) atoms. The second kappa shape index (κ2) is 25.4. The normalized spacial score (nSPS) is 11.8. The van der Waals surface area contributed by atoms with Crippen molar-refractivity contribution in [2.24, 2.45) is 0 Å². The van der Waals surface area contributed by atoms with Crippen molar-refractivity contribution in [2.75, 3.05) is 26.2 Å². The molecule has 0 aromatic heterocycles. The van der Waals surface area contributed by atoms with Crippen LogP contribution in [0.4, 0.5) is 0 Å². The van der Waals surface area contributed by atoms with E-state index in [-0.39, 0.29) is 19.3 Å². The Balaban J connectivity index is 4.56. The zero-order chi connectivity index (χ0) is 28.3. The number of allylic oxidation sites excluding steroid dienone is 2. The number of carboxylic acids is 3. The number of carboxylic acid groups (broad SMARTS) is 3. The topological polar surface area (TPSA) is 112 Å². The minimum atomic E-state index is -0.769. The van der Waals surface area contributed by atoms with Gasteiger partial charge >= 0.3 is 17.9 Å². The average molecular weight is 541 g/mol. The number of quaternary nitrogens is 1. The van der Waals surface area contributed by atoms with Gasteiger partial charge in [-0.1, -0.05) is 57.6 Å². The summed E-state index contributed by atoms with van der Waals surface area (Å²) in [6.07, 6.45) is 24.6. The van der Waals surface area contributed by atoms with Crippen molar-refractivity contribution in [1.82, 2.24) is 0 Å². The van der Waals surface area contributed by atoms with E-state index in [2.05, 4.69) is 19.1 Å². The van der Waals surface area contributed by atoms with E-state index in [1.807, 2.05) is 0 Å². The number of nitrogens with zero attached hydrogens (tertiary/aromatic N) is 1. The Bertz CT molecular complexity index is 579. The molecule has 0 unspecified atom stereocenters. The van der Waals surface area contributed by atoms with Gasteiger partial charge in [0, 0.05) is 19.3 Å². The molecule has 0 heterocycles. The third kappa shape index (κ3) is 24.4. The molecule has 0 atom stereocenters. The van der Waals surface area contributed by atoms with Crippen LogP contribution < -0.4 is 0 Å². The molecule has 0 radical (unpaired) electrons. The number of rotatable bonds is 29. The third-order valence-corrected chi connectivity index (χ3v) is 7.46. The van der Waals surface area contributed by atoms with Crippen LogP contribution in [0, 0.1) is 0 Å². The number of unbranched alkanes of at least 4 members (excludes halogenated alkanes) is 13. The molecule has 0 aliphatic rings. The van der Waals surface area contributed by atoms with Gasteiger partial charge in [-0.3, -0.25) is 14.4 Å². The first kappa shape index (κ1) is 36.1. The Morgan fingerprint density at radius 1 is 0.474 bits per heavy atom. The van der Waals surface area contributed by atoms with Gasteiger partial charge in [-0.05, 0) is 77.0 Å². The van der Waals surface area contributed by atoms with Crippen molar-refractivity contribution in [3.8, 4) is 0 Å². The number of hydrogen-bond donors (Lipinski definition) is 3. The monoisotopic (exact) mass is 540 g/mol. The number of carbonyl (C=O) groups is 3. The molecule has 0 saturated heterocycles. The van der Waals surface area contributed by atoms with Crippen LogP contribution in [-0.2, 0) is 14.4 Å². The summed E-state index contributed by atoms with van der Waals surface area (Å²) < 4.78 is 0.865. The molecule has 0 spiro atoms. The van der Waals surface area contributed by atoms with Gasteiger partial charge in [-0.15, -0.1) is 0 Å².